The molecule has 0 bridgehead atoms. The maximum atomic E-state index is 10.5. The van der Waals surface area contributed by atoms with Gasteiger partial charge in [0.25, 0.3) is 0 Å². The van der Waals surface area contributed by atoms with E-state index in [9.17, 15) is 4.79 Å². The van der Waals surface area contributed by atoms with Gasteiger partial charge >= 0.3 is 5.97 Å². The van der Waals surface area contributed by atoms with E-state index < -0.39 is 11.9 Å². The van der Waals surface area contributed by atoms with Crippen molar-refractivity contribution in [1.82, 2.24) is 0 Å². The number of hydrogen-bond acceptors (Lipinski definition) is 4. The van der Waals surface area contributed by atoms with E-state index in [2.05, 4.69) is 4.74 Å². The third-order valence-corrected chi connectivity index (χ3v) is 1.04. The van der Waals surface area contributed by atoms with Gasteiger partial charge in [-0.05, 0) is 0 Å². The van der Waals surface area contributed by atoms with E-state index in [1.54, 1.807) is 0 Å². The Morgan fingerprint density at radius 1 is 1.80 bits per heavy atom. The number of methoxy groups -OCH3 is 1. The van der Waals surface area contributed by atoms with Crippen molar-refractivity contribution in [3.8, 4) is 0 Å². The molecule has 0 aliphatic heterocycles. The van der Waals surface area contributed by atoms with Crippen molar-refractivity contribution in [2.45, 2.75) is 0 Å². The number of halogens is 1. The Morgan fingerprint density at radius 3 is 2.40 bits per heavy atom. The minimum absolute atomic E-state index is 0. The molecule has 62 valence electrons. The molecule has 0 saturated carbocycles. The van der Waals surface area contributed by atoms with Crippen LogP contribution in [0.1, 0.15) is 0 Å². The van der Waals surface area contributed by atoms with Crippen molar-refractivity contribution in [2.75, 3.05) is 20.3 Å². The topological polar surface area (TPSA) is 72.5 Å². The van der Waals surface area contributed by atoms with Crippen molar-refractivity contribution in [3.63, 3.8) is 0 Å². The highest BCUT2D eigenvalue weighted by atomic mass is 35.5. The van der Waals surface area contributed by atoms with Gasteiger partial charge in [-0.15, -0.1) is 12.4 Å². The fourth-order valence-electron chi connectivity index (χ4n) is 0.412. The predicted octanol–water partition coefficient (Wildman–Crippen LogP) is -0.852. The van der Waals surface area contributed by atoms with Gasteiger partial charge in [-0.25, -0.2) is 0 Å². The molecule has 3 N–H and O–H groups in total. The van der Waals surface area contributed by atoms with Crippen molar-refractivity contribution < 1.29 is 14.6 Å². The first-order valence-electron chi connectivity index (χ1n) is 2.65. The second-order valence-corrected chi connectivity index (χ2v) is 1.64. The van der Waals surface area contributed by atoms with Crippen LogP contribution in [-0.4, -0.2) is 31.3 Å². The van der Waals surface area contributed by atoms with Gasteiger partial charge in [0.05, 0.1) is 19.6 Å². The Kier molecular flexibility index (Phi) is 8.40. The SMILES string of the molecule is COC(=O)C(CN)CO.Cl. The molecular formula is C5H12ClNO3. The molecule has 0 saturated heterocycles. The third-order valence-electron chi connectivity index (χ3n) is 1.04. The largest absolute Gasteiger partial charge is 0.469 e. The summed E-state index contributed by atoms with van der Waals surface area (Å²) in [5, 5.41) is 8.45. The van der Waals surface area contributed by atoms with Gasteiger partial charge in [0.2, 0.25) is 0 Å². The van der Waals surface area contributed by atoms with Crippen molar-refractivity contribution >= 4 is 18.4 Å². The molecule has 0 aromatic rings. The summed E-state index contributed by atoms with van der Waals surface area (Å²) in [6.45, 7) is -0.119. The predicted molar refractivity (Wildman–Crippen MR) is 38.9 cm³/mol. The zero-order chi connectivity index (χ0) is 7.28. The molecule has 0 aromatic heterocycles. The Hall–Kier alpha value is -0.320. The maximum absolute atomic E-state index is 10.5. The molecule has 0 aromatic carbocycles. The number of aliphatic hydroxyl groups is 1. The first-order valence-corrected chi connectivity index (χ1v) is 2.65. The normalized spacial score (nSPS) is 11.5. The van der Waals surface area contributed by atoms with E-state index in [-0.39, 0.29) is 25.6 Å². The van der Waals surface area contributed by atoms with Gasteiger partial charge in [-0.3, -0.25) is 4.79 Å². The van der Waals surface area contributed by atoms with E-state index >= 15 is 0 Å². The fraction of sp³-hybridized carbons (Fsp3) is 0.800. The Morgan fingerprint density at radius 2 is 2.30 bits per heavy atom. The Bertz CT molecular complexity index is 94.9. The summed E-state index contributed by atoms with van der Waals surface area (Å²) in [5.41, 5.74) is 5.10. The van der Waals surface area contributed by atoms with Crippen LogP contribution in [0.15, 0.2) is 0 Å². The lowest BCUT2D eigenvalue weighted by molar-refractivity contribution is -0.146. The van der Waals surface area contributed by atoms with Crippen LogP contribution in [0.25, 0.3) is 0 Å². The average Bonchev–Trinajstić information content (AvgIpc) is 1.90. The number of aliphatic hydroxyl groups excluding tert-OH is 1. The van der Waals surface area contributed by atoms with Crippen LogP contribution >= 0.6 is 12.4 Å². The van der Waals surface area contributed by atoms with Gasteiger partial charge in [0.15, 0.2) is 0 Å². The number of rotatable bonds is 3. The highest BCUT2D eigenvalue weighted by Gasteiger charge is 2.14. The van der Waals surface area contributed by atoms with Crippen LogP contribution in [0.4, 0.5) is 0 Å². The molecule has 1 unspecified atom stereocenters. The third kappa shape index (κ3) is 3.66. The minimum Gasteiger partial charge on any atom is -0.469 e. The summed E-state index contributed by atoms with van der Waals surface area (Å²) in [6, 6.07) is 0. The number of esters is 1. The van der Waals surface area contributed by atoms with Crippen molar-refractivity contribution in [2.24, 2.45) is 11.7 Å². The molecule has 0 spiro atoms. The lowest BCUT2D eigenvalue weighted by atomic mass is 10.2. The Balaban J connectivity index is 0. The molecule has 1 atom stereocenters. The molecular weight excluding hydrogens is 158 g/mol. The molecule has 5 heteroatoms. The van der Waals surface area contributed by atoms with Crippen LogP contribution in [-0.2, 0) is 9.53 Å². The molecule has 0 aliphatic carbocycles. The van der Waals surface area contributed by atoms with E-state index in [1.807, 2.05) is 0 Å². The first kappa shape index (κ1) is 12.4. The van der Waals surface area contributed by atoms with E-state index in [0.717, 1.165) is 0 Å². The fourth-order valence-corrected chi connectivity index (χ4v) is 0.412. The molecule has 4 nitrogen and oxygen atoms in total. The van der Waals surface area contributed by atoms with Gasteiger partial charge in [-0.2, -0.15) is 0 Å². The second-order valence-electron chi connectivity index (χ2n) is 1.64. The van der Waals surface area contributed by atoms with Crippen LogP contribution in [0.3, 0.4) is 0 Å². The quantitative estimate of drug-likeness (QED) is 0.540. The van der Waals surface area contributed by atoms with Crippen LogP contribution in [0, 0.1) is 5.92 Å². The zero-order valence-corrected chi connectivity index (χ0v) is 6.56. The zero-order valence-electron chi connectivity index (χ0n) is 5.74. The highest BCUT2D eigenvalue weighted by molar-refractivity contribution is 5.85. The summed E-state index contributed by atoms with van der Waals surface area (Å²) in [5.74, 6) is -1.02. The summed E-state index contributed by atoms with van der Waals surface area (Å²) in [4.78, 5) is 10.5. The summed E-state index contributed by atoms with van der Waals surface area (Å²) < 4.78 is 4.32. The molecule has 0 amide bonds. The summed E-state index contributed by atoms with van der Waals surface area (Å²) in [6.07, 6.45) is 0. The minimum atomic E-state index is -0.560. The standard InChI is InChI=1S/C5H11NO3.ClH/c1-9-5(8)4(2-6)3-7;/h4,7H,2-3,6H2,1H3;1H. The van der Waals surface area contributed by atoms with Crippen LogP contribution in [0.5, 0.6) is 0 Å². The van der Waals surface area contributed by atoms with Crippen LogP contribution in [0.2, 0.25) is 0 Å². The molecule has 0 radical (unpaired) electrons. The van der Waals surface area contributed by atoms with E-state index in [0.29, 0.717) is 0 Å². The number of ether oxygens (including phenoxy) is 1. The highest BCUT2D eigenvalue weighted by Crippen LogP contribution is 1.93. The second kappa shape index (κ2) is 6.80. The number of carbonyl (C=O) groups excluding carboxylic acids is 1. The maximum Gasteiger partial charge on any atom is 0.312 e. The summed E-state index contributed by atoms with van der Waals surface area (Å²) >= 11 is 0. The van der Waals surface area contributed by atoms with Gasteiger partial charge < -0.3 is 15.6 Å². The Labute approximate surface area is 65.8 Å². The molecule has 0 heterocycles. The van der Waals surface area contributed by atoms with Crippen molar-refractivity contribution in [1.29, 1.82) is 0 Å². The van der Waals surface area contributed by atoms with E-state index in [4.69, 9.17) is 10.8 Å². The molecule has 0 fully saturated rings. The van der Waals surface area contributed by atoms with Gasteiger partial charge in [-0.1, -0.05) is 0 Å². The summed E-state index contributed by atoms with van der Waals surface area (Å²) in [7, 11) is 1.26. The average molecular weight is 170 g/mol. The van der Waals surface area contributed by atoms with Gasteiger partial charge in [0.1, 0.15) is 0 Å². The first-order chi connectivity index (χ1) is 4.26. The van der Waals surface area contributed by atoms with Crippen LogP contribution < -0.4 is 5.73 Å². The van der Waals surface area contributed by atoms with Gasteiger partial charge in [0, 0.05) is 6.54 Å². The smallest absolute Gasteiger partial charge is 0.312 e. The number of hydrogen-bond donors (Lipinski definition) is 2. The van der Waals surface area contributed by atoms with Crippen molar-refractivity contribution in [3.05, 3.63) is 0 Å². The van der Waals surface area contributed by atoms with E-state index in [1.165, 1.54) is 7.11 Å². The molecule has 10 heavy (non-hydrogen) atoms. The monoisotopic (exact) mass is 169 g/mol. The lowest BCUT2D eigenvalue weighted by Crippen LogP contribution is -2.27. The number of carbonyl (C=O) groups is 1. The lowest BCUT2D eigenvalue weighted by Gasteiger charge is -2.06. The molecule has 0 aliphatic rings. The molecule has 0 rings (SSSR count). The number of nitrogens with two attached hydrogens (primary N) is 1.